The van der Waals surface area contributed by atoms with E-state index in [-0.39, 0.29) is 24.6 Å². The Morgan fingerprint density at radius 2 is 1.81 bits per heavy atom. The molecule has 1 atom stereocenters. The van der Waals surface area contributed by atoms with E-state index >= 15 is 0 Å². The van der Waals surface area contributed by atoms with Crippen molar-refractivity contribution in [1.29, 1.82) is 0 Å². The Labute approximate surface area is 97.0 Å². The second-order valence-electron chi connectivity index (χ2n) is 3.96. The van der Waals surface area contributed by atoms with Gasteiger partial charge in [0.25, 0.3) is 0 Å². The van der Waals surface area contributed by atoms with Crippen LogP contribution in [0.25, 0.3) is 0 Å². The summed E-state index contributed by atoms with van der Waals surface area (Å²) in [6.07, 6.45) is 0. The van der Waals surface area contributed by atoms with Crippen LogP contribution in [-0.2, 0) is 19.9 Å². The second-order valence-corrected chi connectivity index (χ2v) is 8.62. The summed E-state index contributed by atoms with van der Waals surface area (Å²) in [5.41, 5.74) is 0. The van der Waals surface area contributed by atoms with Crippen LogP contribution in [0.4, 0.5) is 0 Å². The molecule has 8 heteroatoms. The van der Waals surface area contributed by atoms with Gasteiger partial charge in [-0.05, 0) is 14.0 Å². The van der Waals surface area contributed by atoms with Crippen molar-refractivity contribution in [3.8, 4) is 0 Å². The average molecular weight is 270 g/mol. The zero-order chi connectivity index (χ0) is 12.4. The zero-order valence-corrected chi connectivity index (χ0v) is 11.1. The van der Waals surface area contributed by atoms with Crippen molar-refractivity contribution in [2.24, 2.45) is 0 Å². The average Bonchev–Trinajstić information content (AvgIpc) is 2.17. The number of hydrogen-bond acceptors (Lipinski definition) is 5. The van der Waals surface area contributed by atoms with Crippen LogP contribution in [0.1, 0.15) is 6.92 Å². The van der Waals surface area contributed by atoms with Crippen LogP contribution in [0.15, 0.2) is 0 Å². The van der Waals surface area contributed by atoms with Crippen molar-refractivity contribution in [2.45, 2.75) is 12.2 Å². The quantitative estimate of drug-likeness (QED) is 0.683. The van der Waals surface area contributed by atoms with E-state index in [9.17, 15) is 16.8 Å². The fraction of sp³-hybridized carbons (Fsp3) is 1.00. The molecule has 96 valence electrons. The first-order valence-corrected chi connectivity index (χ1v) is 8.46. The van der Waals surface area contributed by atoms with E-state index in [2.05, 4.69) is 5.32 Å². The summed E-state index contributed by atoms with van der Waals surface area (Å²) in [5.74, 6) is -0.142. The van der Waals surface area contributed by atoms with E-state index in [0.717, 1.165) is 0 Å². The van der Waals surface area contributed by atoms with E-state index in [0.29, 0.717) is 6.54 Å². The maximum absolute atomic E-state index is 12.0. The summed E-state index contributed by atoms with van der Waals surface area (Å²) in [6, 6.07) is 0. The van der Waals surface area contributed by atoms with Crippen molar-refractivity contribution in [2.75, 3.05) is 38.2 Å². The van der Waals surface area contributed by atoms with Crippen LogP contribution in [0, 0.1) is 0 Å². The van der Waals surface area contributed by atoms with Gasteiger partial charge in [0, 0.05) is 19.6 Å². The first-order chi connectivity index (χ1) is 7.29. The Balaban J connectivity index is 2.72. The molecule has 1 unspecified atom stereocenters. The first kappa shape index (κ1) is 13.9. The molecule has 0 spiro atoms. The van der Waals surface area contributed by atoms with Gasteiger partial charge in [-0.2, -0.15) is 4.31 Å². The van der Waals surface area contributed by atoms with Crippen molar-refractivity contribution in [3.63, 3.8) is 0 Å². The molecule has 6 nitrogen and oxygen atoms in total. The van der Waals surface area contributed by atoms with Gasteiger partial charge in [0.05, 0.1) is 16.8 Å². The molecule has 0 bridgehead atoms. The maximum atomic E-state index is 12.0. The van der Waals surface area contributed by atoms with Gasteiger partial charge < -0.3 is 5.32 Å². The summed E-state index contributed by atoms with van der Waals surface area (Å²) in [6.45, 7) is 2.15. The van der Waals surface area contributed by atoms with Gasteiger partial charge in [0.2, 0.25) is 10.0 Å². The maximum Gasteiger partial charge on any atom is 0.218 e. The molecule has 16 heavy (non-hydrogen) atoms. The molecule has 0 aromatic heterocycles. The normalized spacial score (nSPS) is 24.1. The van der Waals surface area contributed by atoms with Gasteiger partial charge in [0.1, 0.15) is 0 Å². The third-order valence-electron chi connectivity index (χ3n) is 2.66. The summed E-state index contributed by atoms with van der Waals surface area (Å²) in [7, 11) is -4.72. The van der Waals surface area contributed by atoms with Crippen LogP contribution < -0.4 is 5.32 Å². The topological polar surface area (TPSA) is 83.6 Å². The fourth-order valence-electron chi connectivity index (χ4n) is 1.60. The molecule has 0 aromatic carbocycles. The lowest BCUT2D eigenvalue weighted by Gasteiger charge is -2.28. The summed E-state index contributed by atoms with van der Waals surface area (Å²) >= 11 is 0. The predicted octanol–water partition coefficient (Wildman–Crippen LogP) is -1.35. The van der Waals surface area contributed by atoms with Crippen molar-refractivity contribution >= 4 is 19.9 Å². The SMILES string of the molecule is CNCC(C)S(=O)(=O)N1CCS(=O)(=O)CC1. The van der Waals surface area contributed by atoms with Gasteiger partial charge in [-0.25, -0.2) is 16.8 Å². The summed E-state index contributed by atoms with van der Waals surface area (Å²) < 4.78 is 47.6. The first-order valence-electron chi connectivity index (χ1n) is 5.13. The van der Waals surface area contributed by atoms with Crippen molar-refractivity contribution in [3.05, 3.63) is 0 Å². The molecule has 1 N–H and O–H groups in total. The smallest absolute Gasteiger partial charge is 0.218 e. The standard InChI is InChI=1S/C8H18N2O4S2/c1-8(7-9-2)16(13,14)10-3-5-15(11,12)6-4-10/h8-9H,3-7H2,1-2H3. The lowest BCUT2D eigenvalue weighted by Crippen LogP contribution is -2.48. The molecule has 0 radical (unpaired) electrons. The molecule has 1 aliphatic rings. The Morgan fingerprint density at radius 1 is 1.31 bits per heavy atom. The molecular formula is C8H18N2O4S2. The fourth-order valence-corrected chi connectivity index (χ4v) is 4.61. The number of nitrogens with zero attached hydrogens (tertiary/aromatic N) is 1. The minimum absolute atomic E-state index is 0.0709. The van der Waals surface area contributed by atoms with Crippen molar-refractivity contribution < 1.29 is 16.8 Å². The molecule has 0 amide bonds. The molecule has 0 saturated carbocycles. The molecule has 0 aromatic rings. The van der Waals surface area contributed by atoms with E-state index < -0.39 is 25.1 Å². The Kier molecular flexibility index (Phi) is 4.33. The Morgan fingerprint density at radius 3 is 2.25 bits per heavy atom. The van der Waals surface area contributed by atoms with Crippen LogP contribution in [0.3, 0.4) is 0 Å². The number of nitrogens with one attached hydrogen (secondary N) is 1. The largest absolute Gasteiger partial charge is 0.318 e. The third kappa shape index (κ3) is 3.16. The van der Waals surface area contributed by atoms with E-state index in [1.54, 1.807) is 14.0 Å². The van der Waals surface area contributed by atoms with Gasteiger partial charge in [-0.15, -0.1) is 0 Å². The molecule has 1 rings (SSSR count). The zero-order valence-electron chi connectivity index (χ0n) is 9.51. The van der Waals surface area contributed by atoms with Crippen LogP contribution in [0.2, 0.25) is 0 Å². The number of sulfonamides is 1. The monoisotopic (exact) mass is 270 g/mol. The second kappa shape index (κ2) is 4.99. The van der Waals surface area contributed by atoms with Crippen molar-refractivity contribution in [1.82, 2.24) is 9.62 Å². The highest BCUT2D eigenvalue weighted by Crippen LogP contribution is 2.13. The minimum Gasteiger partial charge on any atom is -0.318 e. The number of sulfone groups is 1. The van der Waals surface area contributed by atoms with E-state index in [1.807, 2.05) is 0 Å². The predicted molar refractivity (Wildman–Crippen MR) is 62.5 cm³/mol. The van der Waals surface area contributed by atoms with Crippen LogP contribution in [-0.4, -0.2) is 64.6 Å². The Hall–Kier alpha value is -0.180. The van der Waals surface area contributed by atoms with E-state index in [4.69, 9.17) is 0 Å². The van der Waals surface area contributed by atoms with Gasteiger partial charge in [-0.3, -0.25) is 0 Å². The molecule has 0 aliphatic carbocycles. The molecule has 1 aliphatic heterocycles. The number of rotatable bonds is 4. The summed E-state index contributed by atoms with van der Waals surface area (Å²) in [5, 5.41) is 2.28. The Bertz CT molecular complexity index is 415. The molecule has 1 fully saturated rings. The van der Waals surface area contributed by atoms with Crippen LogP contribution in [0.5, 0.6) is 0 Å². The van der Waals surface area contributed by atoms with E-state index in [1.165, 1.54) is 4.31 Å². The highest BCUT2D eigenvalue weighted by atomic mass is 32.2. The number of hydrogen-bond donors (Lipinski definition) is 1. The van der Waals surface area contributed by atoms with Gasteiger partial charge in [0.15, 0.2) is 9.84 Å². The molecule has 1 heterocycles. The van der Waals surface area contributed by atoms with Gasteiger partial charge >= 0.3 is 0 Å². The van der Waals surface area contributed by atoms with Gasteiger partial charge in [-0.1, -0.05) is 0 Å². The highest BCUT2D eigenvalue weighted by molar-refractivity contribution is 7.92. The highest BCUT2D eigenvalue weighted by Gasteiger charge is 2.33. The molecule has 1 saturated heterocycles. The lowest BCUT2D eigenvalue weighted by atomic mass is 10.5. The summed E-state index contributed by atoms with van der Waals surface area (Å²) in [4.78, 5) is 0. The third-order valence-corrected chi connectivity index (χ3v) is 6.54. The lowest BCUT2D eigenvalue weighted by molar-refractivity contribution is 0.422. The van der Waals surface area contributed by atoms with Crippen LogP contribution >= 0.6 is 0 Å². The minimum atomic E-state index is -3.37. The molecular weight excluding hydrogens is 252 g/mol.